The van der Waals surface area contributed by atoms with E-state index >= 15 is 0 Å². The van der Waals surface area contributed by atoms with E-state index in [9.17, 15) is 4.79 Å². The molecule has 0 fully saturated rings. The number of fused-ring (bicyclic) bond motifs is 2. The fraction of sp³-hybridized carbons (Fsp3) is 0.188. The van der Waals surface area contributed by atoms with Crippen LogP contribution >= 0.6 is 23.1 Å². The lowest BCUT2D eigenvalue weighted by Gasteiger charge is -2.14. The summed E-state index contributed by atoms with van der Waals surface area (Å²) in [6.07, 6.45) is 2.17. The predicted octanol–water partition coefficient (Wildman–Crippen LogP) is 3.05. The van der Waals surface area contributed by atoms with Gasteiger partial charge in [-0.1, -0.05) is 18.7 Å². The molecule has 0 unspecified atom stereocenters. The number of aromatic nitrogens is 5. The predicted molar refractivity (Wildman–Crippen MR) is 104 cm³/mol. The number of hydrogen-bond donors (Lipinski definition) is 3. The minimum atomic E-state index is -0.326. The lowest BCUT2D eigenvalue weighted by atomic mass is 10.2. The number of hydrogen-bond acceptors (Lipinski definition) is 8. The molecule has 0 spiro atoms. The molecule has 0 aliphatic rings. The van der Waals surface area contributed by atoms with Gasteiger partial charge in [0, 0.05) is 5.69 Å². The van der Waals surface area contributed by atoms with Crippen molar-refractivity contribution in [1.82, 2.24) is 24.9 Å². The third-order valence-electron chi connectivity index (χ3n) is 3.79. The number of rotatable bonds is 5. The smallest absolute Gasteiger partial charge is 0.237 e. The highest BCUT2D eigenvalue weighted by molar-refractivity contribution is 8.00. The van der Waals surface area contributed by atoms with Crippen LogP contribution in [0.15, 0.2) is 35.1 Å². The highest BCUT2D eigenvalue weighted by Crippen LogP contribution is 2.30. The Morgan fingerprint density at radius 3 is 3.12 bits per heavy atom. The Labute approximate surface area is 156 Å². The van der Waals surface area contributed by atoms with E-state index in [4.69, 9.17) is 5.73 Å². The van der Waals surface area contributed by atoms with Crippen molar-refractivity contribution in [3.05, 3.63) is 30.0 Å². The van der Waals surface area contributed by atoms with Crippen molar-refractivity contribution in [1.29, 1.82) is 0 Å². The van der Waals surface area contributed by atoms with Crippen molar-refractivity contribution in [3.8, 4) is 0 Å². The van der Waals surface area contributed by atoms with Crippen molar-refractivity contribution in [2.45, 2.75) is 23.6 Å². The summed E-state index contributed by atoms with van der Waals surface area (Å²) in [5.41, 5.74) is 10.4. The van der Waals surface area contributed by atoms with Gasteiger partial charge in [0.25, 0.3) is 0 Å². The fourth-order valence-electron chi connectivity index (χ4n) is 2.52. The van der Waals surface area contributed by atoms with E-state index in [-0.39, 0.29) is 17.1 Å². The molecule has 3 aromatic heterocycles. The zero-order valence-corrected chi connectivity index (χ0v) is 15.4. The number of H-pyrrole nitrogens is 1. The molecule has 10 heteroatoms. The highest BCUT2D eigenvalue weighted by Gasteiger charge is 2.21. The van der Waals surface area contributed by atoms with Crippen LogP contribution in [0, 0.1) is 0 Å². The molecule has 4 rings (SSSR count). The Bertz CT molecular complexity index is 1090. The van der Waals surface area contributed by atoms with E-state index in [1.54, 1.807) is 5.51 Å². The number of aromatic amines is 1. The molecule has 8 nitrogen and oxygen atoms in total. The van der Waals surface area contributed by atoms with Crippen molar-refractivity contribution in [2.24, 2.45) is 0 Å². The molecule has 1 aromatic carbocycles. The fourth-order valence-corrected chi connectivity index (χ4v) is 4.25. The number of carbonyl (C=O) groups excluding carboxylic acids is 1. The summed E-state index contributed by atoms with van der Waals surface area (Å²) < 4.78 is 1.03. The van der Waals surface area contributed by atoms with Crippen molar-refractivity contribution in [2.75, 3.05) is 11.1 Å². The number of anilines is 2. The van der Waals surface area contributed by atoms with Gasteiger partial charge in [-0.25, -0.2) is 15.0 Å². The van der Waals surface area contributed by atoms with Crippen LogP contribution in [0.5, 0.6) is 0 Å². The number of amides is 1. The molecule has 132 valence electrons. The highest BCUT2D eigenvalue weighted by atomic mass is 32.2. The van der Waals surface area contributed by atoms with Crippen LogP contribution in [0.3, 0.4) is 0 Å². The first-order valence-corrected chi connectivity index (χ1v) is 9.67. The number of nitrogens with one attached hydrogen (secondary N) is 2. The molecule has 1 amide bonds. The molecule has 3 heterocycles. The molecule has 0 saturated carbocycles. The second kappa shape index (κ2) is 6.89. The Hall–Kier alpha value is -2.72. The Morgan fingerprint density at radius 1 is 1.38 bits per heavy atom. The summed E-state index contributed by atoms with van der Waals surface area (Å²) in [6, 6.07) is 5.68. The summed E-state index contributed by atoms with van der Waals surface area (Å²) in [6.45, 7) is 1.96. The van der Waals surface area contributed by atoms with Gasteiger partial charge in [-0.2, -0.15) is 4.98 Å². The standard InChI is InChI=1S/C16H15N7OS2/c1-2-10(26-15-12-13(19-6-18-12)22-16(17)23-15)14(24)21-8-3-4-9-11(5-8)25-7-20-9/h3-7,10H,2H2,1H3,(H,21,24)(H3,17,18,19,22,23)/t10-/m1/s1. The minimum Gasteiger partial charge on any atom is -0.368 e. The van der Waals surface area contributed by atoms with Crippen LogP contribution in [-0.2, 0) is 4.79 Å². The molecule has 0 radical (unpaired) electrons. The van der Waals surface area contributed by atoms with E-state index in [0.29, 0.717) is 22.6 Å². The normalized spacial score (nSPS) is 12.5. The Kier molecular flexibility index (Phi) is 4.43. The molecule has 0 aliphatic carbocycles. The molecular formula is C16H15N7OS2. The largest absolute Gasteiger partial charge is 0.368 e. The average molecular weight is 385 g/mol. The molecule has 4 N–H and O–H groups in total. The van der Waals surface area contributed by atoms with Gasteiger partial charge in [0.1, 0.15) is 10.5 Å². The summed E-state index contributed by atoms with van der Waals surface area (Å²) in [5.74, 6) is 0.0456. The molecule has 1 atom stereocenters. The van der Waals surface area contributed by atoms with Crippen LogP contribution in [0.1, 0.15) is 13.3 Å². The Balaban J connectivity index is 1.55. The van der Waals surface area contributed by atoms with E-state index in [1.165, 1.54) is 29.4 Å². The summed E-state index contributed by atoms with van der Waals surface area (Å²) >= 11 is 2.89. The zero-order chi connectivity index (χ0) is 18.1. The lowest BCUT2D eigenvalue weighted by Crippen LogP contribution is -2.24. The van der Waals surface area contributed by atoms with Crippen molar-refractivity contribution < 1.29 is 4.79 Å². The van der Waals surface area contributed by atoms with Gasteiger partial charge in [-0.3, -0.25) is 4.79 Å². The number of carbonyl (C=O) groups is 1. The van der Waals surface area contributed by atoms with Crippen LogP contribution in [0.4, 0.5) is 11.6 Å². The minimum absolute atomic E-state index is 0.0915. The molecular weight excluding hydrogens is 370 g/mol. The van der Waals surface area contributed by atoms with E-state index in [0.717, 1.165) is 15.9 Å². The first-order chi connectivity index (χ1) is 12.6. The average Bonchev–Trinajstić information content (AvgIpc) is 3.27. The number of imidazole rings is 1. The maximum Gasteiger partial charge on any atom is 0.237 e. The van der Waals surface area contributed by atoms with Gasteiger partial charge in [0.2, 0.25) is 11.9 Å². The van der Waals surface area contributed by atoms with Gasteiger partial charge in [0.15, 0.2) is 5.65 Å². The quantitative estimate of drug-likeness (QED) is 0.356. The molecule has 26 heavy (non-hydrogen) atoms. The monoisotopic (exact) mass is 385 g/mol. The second-order valence-corrected chi connectivity index (χ2v) is 7.60. The number of nitrogens with two attached hydrogens (primary N) is 1. The summed E-state index contributed by atoms with van der Waals surface area (Å²) in [5, 5.41) is 3.26. The van der Waals surface area contributed by atoms with E-state index < -0.39 is 0 Å². The maximum atomic E-state index is 12.7. The molecule has 0 aliphatic heterocycles. The topological polar surface area (TPSA) is 122 Å². The second-order valence-electron chi connectivity index (χ2n) is 5.53. The molecule has 0 saturated heterocycles. The summed E-state index contributed by atoms with van der Waals surface area (Å²) in [4.78, 5) is 32.4. The maximum absolute atomic E-state index is 12.7. The van der Waals surface area contributed by atoms with Gasteiger partial charge in [-0.15, -0.1) is 11.3 Å². The van der Waals surface area contributed by atoms with Gasteiger partial charge in [-0.05, 0) is 24.6 Å². The number of nitrogen functional groups attached to an aromatic ring is 1. The van der Waals surface area contributed by atoms with Gasteiger partial charge >= 0.3 is 0 Å². The number of nitrogens with zero attached hydrogens (tertiary/aromatic N) is 4. The van der Waals surface area contributed by atoms with Crippen LogP contribution in [0.2, 0.25) is 0 Å². The first kappa shape index (κ1) is 16.7. The van der Waals surface area contributed by atoms with E-state index in [1.807, 2.05) is 25.1 Å². The van der Waals surface area contributed by atoms with Crippen LogP contribution in [0.25, 0.3) is 21.4 Å². The zero-order valence-electron chi connectivity index (χ0n) is 13.8. The van der Waals surface area contributed by atoms with Crippen LogP contribution < -0.4 is 11.1 Å². The first-order valence-electron chi connectivity index (χ1n) is 7.91. The molecule has 0 bridgehead atoms. The van der Waals surface area contributed by atoms with Crippen molar-refractivity contribution >= 4 is 62.0 Å². The Morgan fingerprint density at radius 2 is 2.27 bits per heavy atom. The number of thiazole rings is 1. The van der Waals surface area contributed by atoms with Crippen molar-refractivity contribution in [3.63, 3.8) is 0 Å². The van der Waals surface area contributed by atoms with E-state index in [2.05, 4.69) is 30.2 Å². The van der Waals surface area contributed by atoms with Crippen LogP contribution in [-0.4, -0.2) is 36.1 Å². The lowest BCUT2D eigenvalue weighted by molar-refractivity contribution is -0.115. The molecule has 4 aromatic rings. The van der Waals surface area contributed by atoms with Gasteiger partial charge < -0.3 is 16.0 Å². The number of thioether (sulfide) groups is 1. The SMILES string of the molecule is CC[C@@H](Sc1nc(N)nc2nc[nH]c12)C(=O)Nc1ccc2ncsc2c1. The number of benzene rings is 1. The summed E-state index contributed by atoms with van der Waals surface area (Å²) in [7, 11) is 0. The third-order valence-corrected chi connectivity index (χ3v) is 5.93. The third kappa shape index (κ3) is 3.20. The van der Waals surface area contributed by atoms with Gasteiger partial charge in [0.05, 0.1) is 27.3 Å².